The molecule has 0 saturated heterocycles. The zero-order valence-electron chi connectivity index (χ0n) is 15.0. The molecule has 0 radical (unpaired) electrons. The number of aromatic nitrogens is 1. The topological polar surface area (TPSA) is 84.3 Å². The molecule has 2 aromatic heterocycles. The highest BCUT2D eigenvalue weighted by molar-refractivity contribution is 9.10. The summed E-state index contributed by atoms with van der Waals surface area (Å²) in [6.07, 6.45) is 2.14. The van der Waals surface area contributed by atoms with Crippen LogP contribution in [0.2, 0.25) is 0 Å². The molecule has 0 saturated carbocycles. The van der Waals surface area contributed by atoms with E-state index in [-0.39, 0.29) is 5.76 Å². The molecule has 6 nitrogen and oxygen atoms in total. The Bertz CT molecular complexity index is 1180. The number of esters is 1. The molecule has 4 aromatic rings. The minimum absolute atomic E-state index is 0.134. The van der Waals surface area contributed by atoms with Gasteiger partial charge in [0.15, 0.2) is 5.76 Å². The molecular formula is C21H17BrN2O4. The summed E-state index contributed by atoms with van der Waals surface area (Å²) in [6.45, 7) is 0. The Morgan fingerprint density at radius 1 is 1.21 bits per heavy atom. The molecule has 0 bridgehead atoms. The van der Waals surface area contributed by atoms with Crippen molar-refractivity contribution >= 4 is 49.7 Å². The lowest BCUT2D eigenvalue weighted by molar-refractivity contribution is -0.142. The maximum absolute atomic E-state index is 12.7. The van der Waals surface area contributed by atoms with Crippen LogP contribution >= 0.6 is 15.9 Å². The van der Waals surface area contributed by atoms with Crippen LogP contribution in [0.1, 0.15) is 16.1 Å². The van der Waals surface area contributed by atoms with Gasteiger partial charge in [0, 0.05) is 28.9 Å². The van der Waals surface area contributed by atoms with E-state index in [0.29, 0.717) is 12.0 Å². The first-order valence-electron chi connectivity index (χ1n) is 8.68. The van der Waals surface area contributed by atoms with Crippen LogP contribution in [0.25, 0.3) is 21.9 Å². The SMILES string of the molecule is COC(=O)[C@@H](Cc1c[nH]c2ccccc12)NC(=O)c1cc2cccc(Br)c2o1. The second kappa shape index (κ2) is 7.52. The van der Waals surface area contributed by atoms with Crippen molar-refractivity contribution in [3.8, 4) is 0 Å². The fourth-order valence-electron chi connectivity index (χ4n) is 3.22. The molecule has 7 heteroatoms. The number of carbonyl (C=O) groups excluding carboxylic acids is 2. The van der Waals surface area contributed by atoms with Crippen LogP contribution in [0.15, 0.2) is 63.6 Å². The number of benzene rings is 2. The third-order valence-electron chi connectivity index (χ3n) is 4.61. The van der Waals surface area contributed by atoms with Crippen molar-refractivity contribution in [1.82, 2.24) is 10.3 Å². The minimum Gasteiger partial charge on any atom is -0.467 e. The summed E-state index contributed by atoms with van der Waals surface area (Å²) >= 11 is 3.40. The van der Waals surface area contributed by atoms with Gasteiger partial charge < -0.3 is 19.5 Å². The molecule has 142 valence electrons. The third kappa shape index (κ3) is 3.41. The van der Waals surface area contributed by atoms with Crippen LogP contribution in [0.3, 0.4) is 0 Å². The van der Waals surface area contributed by atoms with E-state index >= 15 is 0 Å². The fourth-order valence-corrected chi connectivity index (χ4v) is 3.69. The number of methoxy groups -OCH3 is 1. The van der Waals surface area contributed by atoms with Gasteiger partial charge in [0.1, 0.15) is 11.6 Å². The van der Waals surface area contributed by atoms with Gasteiger partial charge in [-0.2, -0.15) is 0 Å². The third-order valence-corrected chi connectivity index (χ3v) is 5.23. The van der Waals surface area contributed by atoms with Gasteiger partial charge in [0.05, 0.1) is 11.6 Å². The number of fused-ring (bicyclic) bond motifs is 2. The average molecular weight is 441 g/mol. The van der Waals surface area contributed by atoms with Gasteiger partial charge in [-0.05, 0) is 39.7 Å². The van der Waals surface area contributed by atoms with Gasteiger partial charge in [0.2, 0.25) is 0 Å². The first-order chi connectivity index (χ1) is 13.6. The lowest BCUT2D eigenvalue weighted by Gasteiger charge is -2.15. The molecule has 4 rings (SSSR count). The number of halogens is 1. The van der Waals surface area contributed by atoms with Crippen molar-refractivity contribution in [3.05, 3.63) is 70.5 Å². The smallest absolute Gasteiger partial charge is 0.328 e. The van der Waals surface area contributed by atoms with Crippen LogP contribution in [0, 0.1) is 0 Å². The second-order valence-corrected chi connectivity index (χ2v) is 7.24. The molecule has 2 heterocycles. The van der Waals surface area contributed by atoms with E-state index in [1.165, 1.54) is 7.11 Å². The number of para-hydroxylation sites is 2. The first-order valence-corrected chi connectivity index (χ1v) is 9.48. The maximum Gasteiger partial charge on any atom is 0.328 e. The van der Waals surface area contributed by atoms with Crippen molar-refractivity contribution in [3.63, 3.8) is 0 Å². The highest BCUT2D eigenvalue weighted by atomic mass is 79.9. The number of rotatable bonds is 5. The predicted molar refractivity (Wildman–Crippen MR) is 109 cm³/mol. The van der Waals surface area contributed by atoms with Crippen LogP contribution < -0.4 is 5.32 Å². The van der Waals surface area contributed by atoms with E-state index < -0.39 is 17.9 Å². The first kappa shape index (κ1) is 18.3. The van der Waals surface area contributed by atoms with Crippen molar-refractivity contribution in [2.75, 3.05) is 7.11 Å². The lowest BCUT2D eigenvalue weighted by atomic mass is 10.0. The Kier molecular flexibility index (Phi) is 4.92. The van der Waals surface area contributed by atoms with Crippen molar-refractivity contribution in [2.24, 2.45) is 0 Å². The van der Waals surface area contributed by atoms with Crippen LogP contribution in [-0.2, 0) is 16.0 Å². The van der Waals surface area contributed by atoms with Gasteiger partial charge in [-0.25, -0.2) is 4.79 Å². The van der Waals surface area contributed by atoms with E-state index in [4.69, 9.17) is 9.15 Å². The highest BCUT2D eigenvalue weighted by Gasteiger charge is 2.25. The van der Waals surface area contributed by atoms with E-state index in [9.17, 15) is 9.59 Å². The summed E-state index contributed by atoms with van der Waals surface area (Å²) in [5, 5.41) is 4.53. The number of carbonyl (C=O) groups is 2. The largest absolute Gasteiger partial charge is 0.467 e. The highest BCUT2D eigenvalue weighted by Crippen LogP contribution is 2.27. The van der Waals surface area contributed by atoms with Crippen LogP contribution in [0.4, 0.5) is 0 Å². The average Bonchev–Trinajstić information content (AvgIpc) is 3.32. The molecular weight excluding hydrogens is 424 g/mol. The number of hydrogen-bond donors (Lipinski definition) is 2. The monoisotopic (exact) mass is 440 g/mol. The molecule has 0 fully saturated rings. The molecule has 0 unspecified atom stereocenters. The lowest BCUT2D eigenvalue weighted by Crippen LogP contribution is -2.42. The molecule has 1 atom stereocenters. The van der Waals surface area contributed by atoms with Crippen LogP contribution in [-0.4, -0.2) is 30.0 Å². The minimum atomic E-state index is -0.839. The summed E-state index contributed by atoms with van der Waals surface area (Å²) in [4.78, 5) is 28.2. The summed E-state index contributed by atoms with van der Waals surface area (Å²) in [5.41, 5.74) is 2.46. The van der Waals surface area contributed by atoms with Gasteiger partial charge >= 0.3 is 5.97 Å². The number of furan rings is 1. The molecule has 2 aromatic carbocycles. The Hall–Kier alpha value is -3.06. The van der Waals surface area contributed by atoms with Crippen molar-refractivity contribution in [1.29, 1.82) is 0 Å². The molecule has 0 aliphatic carbocycles. The number of nitrogens with one attached hydrogen (secondary N) is 2. The number of amides is 1. The zero-order valence-corrected chi connectivity index (χ0v) is 16.6. The molecule has 0 aliphatic rings. The van der Waals surface area contributed by atoms with Gasteiger partial charge in [0.25, 0.3) is 5.91 Å². The quantitative estimate of drug-likeness (QED) is 0.455. The van der Waals surface area contributed by atoms with E-state index in [1.807, 2.05) is 48.7 Å². The van der Waals surface area contributed by atoms with E-state index in [2.05, 4.69) is 26.2 Å². The summed E-state index contributed by atoms with van der Waals surface area (Å²) < 4.78 is 11.3. The Morgan fingerprint density at radius 2 is 2.04 bits per heavy atom. The molecule has 1 amide bonds. The fraction of sp³-hybridized carbons (Fsp3) is 0.143. The molecule has 0 aliphatic heterocycles. The number of hydrogen-bond acceptors (Lipinski definition) is 4. The molecule has 28 heavy (non-hydrogen) atoms. The van der Waals surface area contributed by atoms with E-state index in [0.717, 1.165) is 26.3 Å². The Morgan fingerprint density at radius 3 is 2.82 bits per heavy atom. The van der Waals surface area contributed by atoms with Crippen LogP contribution in [0.5, 0.6) is 0 Å². The zero-order chi connectivity index (χ0) is 19.7. The van der Waals surface area contributed by atoms with Gasteiger partial charge in [-0.1, -0.05) is 30.3 Å². The molecule has 0 spiro atoms. The van der Waals surface area contributed by atoms with Gasteiger partial charge in [-0.3, -0.25) is 4.79 Å². The van der Waals surface area contributed by atoms with Crippen molar-refractivity contribution in [2.45, 2.75) is 12.5 Å². The second-order valence-electron chi connectivity index (χ2n) is 6.38. The predicted octanol–water partition coefficient (Wildman–Crippen LogP) is 4.19. The standard InChI is InChI=1S/C21H17BrN2O4/c1-27-21(26)17(9-13-11-23-16-8-3-2-6-14(13)16)24-20(25)18-10-12-5-4-7-15(22)19(12)28-18/h2-8,10-11,17,23H,9H2,1H3,(H,24,25)/t17-/m1/s1. The Balaban J connectivity index is 1.60. The summed E-state index contributed by atoms with van der Waals surface area (Å²) in [6, 6.07) is 14.1. The maximum atomic E-state index is 12.7. The van der Waals surface area contributed by atoms with E-state index in [1.54, 1.807) is 6.07 Å². The number of ether oxygens (including phenoxy) is 1. The summed E-state index contributed by atoms with van der Waals surface area (Å²) in [7, 11) is 1.30. The number of aromatic amines is 1. The normalized spacial score (nSPS) is 12.2. The Labute approximate surface area is 169 Å². The van der Waals surface area contributed by atoms with Crippen molar-refractivity contribution < 1.29 is 18.7 Å². The number of H-pyrrole nitrogens is 1. The van der Waals surface area contributed by atoms with Gasteiger partial charge in [-0.15, -0.1) is 0 Å². The summed E-state index contributed by atoms with van der Waals surface area (Å²) in [5.74, 6) is -0.857. The molecule has 2 N–H and O–H groups in total.